The minimum absolute atomic E-state index is 0.294. The number of methoxy groups -OCH3 is 2. The number of aromatic nitrogens is 1. The Kier molecular flexibility index (Phi) is 9.96. The summed E-state index contributed by atoms with van der Waals surface area (Å²) in [6, 6.07) is 21.6. The van der Waals surface area contributed by atoms with Gasteiger partial charge in [0.25, 0.3) is 0 Å². The van der Waals surface area contributed by atoms with Crippen molar-refractivity contribution in [2.24, 2.45) is 0 Å². The Balaban J connectivity index is 1.76. The van der Waals surface area contributed by atoms with E-state index in [4.69, 9.17) is 14.5 Å². The van der Waals surface area contributed by atoms with Crippen LogP contribution in [0.1, 0.15) is 58.2 Å². The fraction of sp³-hybridized carbons (Fsp3) is 0.361. The summed E-state index contributed by atoms with van der Waals surface area (Å²) in [5.74, 6) is 5.51. The minimum Gasteiger partial charge on any atom is -0.497 e. The van der Waals surface area contributed by atoms with Crippen LogP contribution in [-0.2, 0) is 13.1 Å². The zero-order valence-electron chi connectivity index (χ0n) is 26.2. The summed E-state index contributed by atoms with van der Waals surface area (Å²) in [5.41, 5.74) is 7.82. The second-order valence-electron chi connectivity index (χ2n) is 11.9. The zero-order valence-corrected chi connectivity index (χ0v) is 27.2. The number of fused-ring (bicyclic) bond motifs is 1. The number of rotatable bonds is 10. The number of nitrogens with zero attached hydrogens (tertiary/aromatic N) is 2. The highest BCUT2D eigenvalue weighted by Crippen LogP contribution is 2.41. The number of ether oxygens (including phenoxy) is 2. The van der Waals surface area contributed by atoms with Gasteiger partial charge in [-0.2, -0.15) is 0 Å². The molecule has 0 aliphatic carbocycles. The van der Waals surface area contributed by atoms with Gasteiger partial charge in [0.15, 0.2) is 0 Å². The average Bonchev–Trinajstić information content (AvgIpc) is 2.98. The minimum atomic E-state index is -2.02. The third kappa shape index (κ3) is 6.63. The van der Waals surface area contributed by atoms with Crippen molar-refractivity contribution in [3.63, 3.8) is 0 Å². The molecule has 0 unspecified atom stereocenters. The Morgan fingerprint density at radius 2 is 1.26 bits per heavy atom. The molecule has 0 atom stereocenters. The Labute approximate surface area is 251 Å². The van der Waals surface area contributed by atoms with Gasteiger partial charge in [-0.15, -0.1) is 5.54 Å². The Bertz CT molecular complexity index is 1480. The average molecular weight is 583 g/mol. The molecule has 0 N–H and O–H groups in total. The van der Waals surface area contributed by atoms with E-state index in [2.05, 4.69) is 82.2 Å². The van der Waals surface area contributed by atoms with Gasteiger partial charge in [0.2, 0.25) is 0 Å². The standard InChI is InChI=1S/C36H43FN2O2Si/c1-25(2)42(26(3)4,27(5)6)20-19-33-34-22-38-36(21-30(34)13-18-35(33)37)39(23-28-9-14-31(40-7)15-10-28)24-29-11-16-32(41-8)17-12-29/h9-18,21-22,25-27H,23-24H2,1-8H3. The van der Waals surface area contributed by atoms with Crippen molar-refractivity contribution in [3.8, 4) is 23.0 Å². The summed E-state index contributed by atoms with van der Waals surface area (Å²) in [5, 5.41) is 1.67. The van der Waals surface area contributed by atoms with Crippen LogP contribution in [0.15, 0.2) is 72.9 Å². The van der Waals surface area contributed by atoms with Crippen molar-refractivity contribution in [2.75, 3.05) is 19.1 Å². The van der Waals surface area contributed by atoms with Gasteiger partial charge in [-0.05, 0) is 69.5 Å². The van der Waals surface area contributed by atoms with Crippen molar-refractivity contribution in [1.29, 1.82) is 0 Å². The van der Waals surface area contributed by atoms with Crippen LogP contribution in [0.2, 0.25) is 16.6 Å². The van der Waals surface area contributed by atoms with E-state index >= 15 is 4.39 Å². The molecule has 4 rings (SSSR count). The lowest BCUT2D eigenvalue weighted by Crippen LogP contribution is -2.43. The highest BCUT2D eigenvalue weighted by Gasteiger charge is 2.41. The normalized spacial score (nSPS) is 11.6. The largest absolute Gasteiger partial charge is 0.497 e. The fourth-order valence-electron chi connectivity index (χ4n) is 6.21. The predicted octanol–water partition coefficient (Wildman–Crippen LogP) is 9.17. The Morgan fingerprint density at radius 1 is 0.762 bits per heavy atom. The number of anilines is 1. The summed E-state index contributed by atoms with van der Waals surface area (Å²) in [6.45, 7) is 14.9. The lowest BCUT2D eigenvalue weighted by atomic mass is 10.1. The molecule has 6 heteroatoms. The van der Waals surface area contributed by atoms with E-state index in [1.54, 1.807) is 20.4 Å². The third-order valence-corrected chi connectivity index (χ3v) is 14.8. The van der Waals surface area contributed by atoms with E-state index in [0.29, 0.717) is 35.3 Å². The van der Waals surface area contributed by atoms with Gasteiger partial charge in [0.1, 0.15) is 31.2 Å². The highest BCUT2D eigenvalue weighted by atomic mass is 28.3. The van der Waals surface area contributed by atoms with E-state index < -0.39 is 8.07 Å². The first-order valence-corrected chi connectivity index (χ1v) is 16.9. The maximum atomic E-state index is 15.3. The predicted molar refractivity (Wildman–Crippen MR) is 176 cm³/mol. The van der Waals surface area contributed by atoms with E-state index in [1.165, 1.54) is 6.07 Å². The SMILES string of the molecule is COc1ccc(CN(Cc2ccc(OC)cc2)c2cc3ccc(F)c(C#C[Si](C(C)C)(C(C)C)C(C)C)c3cn2)cc1. The van der Waals surface area contributed by atoms with E-state index in [0.717, 1.165) is 39.2 Å². The van der Waals surface area contributed by atoms with Gasteiger partial charge < -0.3 is 14.4 Å². The first-order valence-electron chi connectivity index (χ1n) is 14.7. The number of hydrogen-bond acceptors (Lipinski definition) is 4. The van der Waals surface area contributed by atoms with Crippen molar-refractivity contribution < 1.29 is 13.9 Å². The van der Waals surface area contributed by atoms with Crippen molar-refractivity contribution in [2.45, 2.75) is 71.3 Å². The van der Waals surface area contributed by atoms with Gasteiger partial charge in [-0.1, -0.05) is 77.8 Å². The molecule has 0 radical (unpaired) electrons. The van der Waals surface area contributed by atoms with E-state index in [9.17, 15) is 0 Å². The maximum Gasteiger partial charge on any atom is 0.146 e. The third-order valence-electron chi connectivity index (χ3n) is 8.50. The van der Waals surface area contributed by atoms with Crippen LogP contribution in [0.3, 0.4) is 0 Å². The molecule has 4 aromatic rings. The summed E-state index contributed by atoms with van der Waals surface area (Å²) >= 11 is 0. The molecular formula is C36H43FN2O2Si. The summed E-state index contributed by atoms with van der Waals surface area (Å²) in [7, 11) is 1.31. The Hall–Kier alpha value is -3.82. The molecule has 1 aromatic heterocycles. The van der Waals surface area contributed by atoms with Crippen LogP contribution in [0.5, 0.6) is 11.5 Å². The molecule has 0 bridgehead atoms. The lowest BCUT2D eigenvalue weighted by Gasteiger charge is -2.38. The van der Waals surface area contributed by atoms with Crippen LogP contribution in [0, 0.1) is 17.3 Å². The van der Waals surface area contributed by atoms with Gasteiger partial charge in [-0.3, -0.25) is 0 Å². The molecule has 3 aromatic carbocycles. The van der Waals surface area contributed by atoms with Crippen LogP contribution in [0.4, 0.5) is 10.2 Å². The fourth-order valence-corrected chi connectivity index (χ4v) is 11.4. The highest BCUT2D eigenvalue weighted by molar-refractivity contribution is 6.90. The Morgan fingerprint density at radius 3 is 1.71 bits per heavy atom. The van der Waals surface area contributed by atoms with Crippen molar-refractivity contribution >= 4 is 24.7 Å². The maximum absolute atomic E-state index is 15.3. The van der Waals surface area contributed by atoms with Crippen molar-refractivity contribution in [3.05, 3.63) is 95.4 Å². The molecule has 220 valence electrons. The molecule has 0 saturated heterocycles. The first-order chi connectivity index (χ1) is 20.1. The summed E-state index contributed by atoms with van der Waals surface area (Å²) < 4.78 is 26.0. The second kappa shape index (κ2) is 13.4. The van der Waals surface area contributed by atoms with Gasteiger partial charge in [-0.25, -0.2) is 9.37 Å². The molecular weight excluding hydrogens is 539 g/mol. The van der Waals surface area contributed by atoms with E-state index in [-0.39, 0.29) is 5.82 Å². The van der Waals surface area contributed by atoms with Gasteiger partial charge in [0.05, 0.1) is 19.8 Å². The zero-order chi connectivity index (χ0) is 30.4. The van der Waals surface area contributed by atoms with Crippen LogP contribution in [-0.4, -0.2) is 27.3 Å². The lowest BCUT2D eigenvalue weighted by molar-refractivity contribution is 0.414. The summed E-state index contributed by atoms with van der Waals surface area (Å²) in [6.07, 6.45) is 1.79. The molecule has 0 spiro atoms. The number of pyridine rings is 1. The molecule has 0 aliphatic heterocycles. The molecule has 0 fully saturated rings. The summed E-state index contributed by atoms with van der Waals surface area (Å²) in [4.78, 5) is 7.10. The van der Waals surface area contributed by atoms with Crippen molar-refractivity contribution in [1.82, 2.24) is 4.98 Å². The molecule has 0 saturated carbocycles. The van der Waals surface area contributed by atoms with Crippen LogP contribution >= 0.6 is 0 Å². The van der Waals surface area contributed by atoms with Gasteiger partial charge >= 0.3 is 0 Å². The second-order valence-corrected chi connectivity index (χ2v) is 17.5. The van der Waals surface area contributed by atoms with Gasteiger partial charge in [0, 0.05) is 24.7 Å². The molecule has 4 nitrogen and oxygen atoms in total. The number of halogens is 1. The van der Waals surface area contributed by atoms with E-state index in [1.807, 2.05) is 36.4 Å². The molecule has 0 amide bonds. The quantitative estimate of drug-likeness (QED) is 0.138. The first kappa shape index (κ1) is 31.1. The van der Waals surface area contributed by atoms with Crippen LogP contribution < -0.4 is 14.4 Å². The molecule has 42 heavy (non-hydrogen) atoms. The molecule has 0 aliphatic rings. The molecule has 1 heterocycles. The number of hydrogen-bond donors (Lipinski definition) is 0. The topological polar surface area (TPSA) is 34.6 Å². The monoisotopic (exact) mass is 582 g/mol. The smallest absolute Gasteiger partial charge is 0.146 e. The van der Waals surface area contributed by atoms with Crippen LogP contribution in [0.25, 0.3) is 10.8 Å². The number of benzene rings is 3.